The molecule has 1 spiro atoms. The molecule has 19 heavy (non-hydrogen) atoms. The predicted octanol–water partition coefficient (Wildman–Crippen LogP) is 1.30. The predicted molar refractivity (Wildman–Crippen MR) is 73.0 cm³/mol. The monoisotopic (exact) mass is 269 g/mol. The summed E-state index contributed by atoms with van der Waals surface area (Å²) in [6.45, 7) is 3.81. The summed E-state index contributed by atoms with van der Waals surface area (Å²) in [5, 5.41) is 19.9. The first-order valence-corrected chi connectivity index (χ1v) is 7.86. The first-order valence-electron chi connectivity index (χ1n) is 7.86. The molecule has 0 amide bonds. The maximum atomic E-state index is 10.1. The molecule has 0 aromatic rings. The van der Waals surface area contributed by atoms with Crippen molar-refractivity contribution in [2.24, 2.45) is 0 Å². The molecule has 3 aliphatic rings. The molecule has 0 aromatic carbocycles. The number of rotatable bonds is 3. The highest BCUT2D eigenvalue weighted by atomic mass is 16.5. The minimum atomic E-state index is -0.354. The van der Waals surface area contributed by atoms with Crippen LogP contribution in [0.2, 0.25) is 0 Å². The van der Waals surface area contributed by atoms with Gasteiger partial charge in [0.05, 0.1) is 17.3 Å². The van der Waals surface area contributed by atoms with Crippen LogP contribution in [0, 0.1) is 0 Å². The molecule has 1 atom stereocenters. The Labute approximate surface area is 115 Å². The Balaban J connectivity index is 1.44. The SMILES string of the molecule is OC1CCOC2(CCN(CCC3(O)CCC3)CC2)C1. The van der Waals surface area contributed by atoms with E-state index in [0.717, 1.165) is 64.6 Å². The van der Waals surface area contributed by atoms with E-state index >= 15 is 0 Å². The van der Waals surface area contributed by atoms with Gasteiger partial charge in [-0.3, -0.25) is 0 Å². The van der Waals surface area contributed by atoms with E-state index < -0.39 is 0 Å². The van der Waals surface area contributed by atoms with Gasteiger partial charge in [0.1, 0.15) is 0 Å². The van der Waals surface area contributed by atoms with Crippen LogP contribution in [-0.2, 0) is 4.74 Å². The lowest BCUT2D eigenvalue weighted by atomic mass is 9.77. The second-order valence-electron chi connectivity index (χ2n) is 6.85. The van der Waals surface area contributed by atoms with Gasteiger partial charge in [0.2, 0.25) is 0 Å². The summed E-state index contributed by atoms with van der Waals surface area (Å²) < 4.78 is 5.97. The van der Waals surface area contributed by atoms with E-state index in [2.05, 4.69) is 4.90 Å². The molecule has 2 heterocycles. The van der Waals surface area contributed by atoms with Crippen molar-refractivity contribution in [3.63, 3.8) is 0 Å². The Morgan fingerprint density at radius 2 is 1.89 bits per heavy atom. The van der Waals surface area contributed by atoms with E-state index in [1.54, 1.807) is 0 Å². The number of aliphatic hydroxyl groups is 2. The molecule has 0 bridgehead atoms. The van der Waals surface area contributed by atoms with E-state index in [4.69, 9.17) is 4.74 Å². The van der Waals surface area contributed by atoms with Crippen molar-refractivity contribution in [1.29, 1.82) is 0 Å². The van der Waals surface area contributed by atoms with Crippen molar-refractivity contribution in [3.8, 4) is 0 Å². The van der Waals surface area contributed by atoms with Crippen LogP contribution in [-0.4, -0.2) is 58.7 Å². The van der Waals surface area contributed by atoms with Crippen LogP contribution in [0.1, 0.15) is 51.4 Å². The van der Waals surface area contributed by atoms with Crippen molar-refractivity contribution < 1.29 is 14.9 Å². The third-order valence-corrected chi connectivity index (χ3v) is 5.41. The van der Waals surface area contributed by atoms with Crippen LogP contribution < -0.4 is 0 Å². The third-order valence-electron chi connectivity index (χ3n) is 5.41. The number of hydrogen-bond acceptors (Lipinski definition) is 4. The smallest absolute Gasteiger partial charge is 0.0731 e. The van der Waals surface area contributed by atoms with Crippen molar-refractivity contribution in [2.45, 2.75) is 68.7 Å². The summed E-state index contributed by atoms with van der Waals surface area (Å²) in [7, 11) is 0. The van der Waals surface area contributed by atoms with Crippen LogP contribution in [0.25, 0.3) is 0 Å². The number of ether oxygens (including phenoxy) is 1. The van der Waals surface area contributed by atoms with Gasteiger partial charge in [-0.1, -0.05) is 0 Å². The molecule has 0 radical (unpaired) electrons. The van der Waals surface area contributed by atoms with Crippen LogP contribution >= 0.6 is 0 Å². The average Bonchev–Trinajstić information content (AvgIpc) is 2.36. The van der Waals surface area contributed by atoms with Gasteiger partial charge >= 0.3 is 0 Å². The number of likely N-dealkylation sites (tertiary alicyclic amines) is 1. The van der Waals surface area contributed by atoms with Crippen LogP contribution in [0.4, 0.5) is 0 Å². The van der Waals surface area contributed by atoms with Gasteiger partial charge in [0.25, 0.3) is 0 Å². The molecule has 110 valence electrons. The van der Waals surface area contributed by atoms with E-state index in [-0.39, 0.29) is 17.3 Å². The van der Waals surface area contributed by atoms with Crippen molar-refractivity contribution in [3.05, 3.63) is 0 Å². The number of nitrogens with zero attached hydrogens (tertiary/aromatic N) is 1. The van der Waals surface area contributed by atoms with Gasteiger partial charge in [0.15, 0.2) is 0 Å². The van der Waals surface area contributed by atoms with Crippen LogP contribution in [0.5, 0.6) is 0 Å². The fourth-order valence-corrected chi connectivity index (χ4v) is 3.74. The molecule has 2 aliphatic heterocycles. The lowest BCUT2D eigenvalue weighted by molar-refractivity contribution is -0.144. The summed E-state index contributed by atoms with van der Waals surface area (Å²) >= 11 is 0. The highest BCUT2D eigenvalue weighted by molar-refractivity contribution is 4.93. The summed E-state index contributed by atoms with van der Waals surface area (Å²) in [6.07, 6.45) is 7.57. The van der Waals surface area contributed by atoms with Gasteiger partial charge in [-0.05, 0) is 44.9 Å². The van der Waals surface area contributed by atoms with Gasteiger partial charge in [-0.2, -0.15) is 0 Å². The van der Waals surface area contributed by atoms with Crippen LogP contribution in [0.15, 0.2) is 0 Å². The molecule has 2 N–H and O–H groups in total. The summed E-state index contributed by atoms with van der Waals surface area (Å²) in [4.78, 5) is 2.45. The minimum Gasteiger partial charge on any atom is -0.393 e. The molecule has 1 saturated carbocycles. The fraction of sp³-hybridized carbons (Fsp3) is 1.00. The highest BCUT2D eigenvalue weighted by Gasteiger charge is 2.40. The molecule has 2 saturated heterocycles. The van der Waals surface area contributed by atoms with Crippen LogP contribution in [0.3, 0.4) is 0 Å². The number of piperidine rings is 1. The Morgan fingerprint density at radius 1 is 1.16 bits per heavy atom. The Hall–Kier alpha value is -0.160. The number of aliphatic hydroxyl groups excluding tert-OH is 1. The Morgan fingerprint density at radius 3 is 2.47 bits per heavy atom. The molecular formula is C15H27NO3. The first-order chi connectivity index (χ1) is 9.09. The summed E-state index contributed by atoms with van der Waals surface area (Å²) in [5.74, 6) is 0. The molecule has 4 heteroatoms. The van der Waals surface area contributed by atoms with Crippen molar-refractivity contribution >= 4 is 0 Å². The van der Waals surface area contributed by atoms with Gasteiger partial charge < -0.3 is 19.8 Å². The molecule has 3 rings (SSSR count). The zero-order valence-corrected chi connectivity index (χ0v) is 11.8. The van der Waals surface area contributed by atoms with E-state index in [9.17, 15) is 10.2 Å². The normalized spacial score (nSPS) is 34.1. The molecule has 0 aromatic heterocycles. The van der Waals surface area contributed by atoms with E-state index in [0.29, 0.717) is 6.61 Å². The zero-order valence-electron chi connectivity index (χ0n) is 11.8. The topological polar surface area (TPSA) is 52.9 Å². The van der Waals surface area contributed by atoms with Crippen molar-refractivity contribution in [2.75, 3.05) is 26.2 Å². The van der Waals surface area contributed by atoms with Gasteiger partial charge in [-0.25, -0.2) is 0 Å². The van der Waals surface area contributed by atoms with E-state index in [1.165, 1.54) is 6.42 Å². The maximum Gasteiger partial charge on any atom is 0.0731 e. The lowest BCUT2D eigenvalue weighted by Crippen LogP contribution is -2.51. The quantitative estimate of drug-likeness (QED) is 0.811. The highest BCUT2D eigenvalue weighted by Crippen LogP contribution is 2.37. The molecule has 3 fully saturated rings. The van der Waals surface area contributed by atoms with E-state index in [1.807, 2.05) is 0 Å². The van der Waals surface area contributed by atoms with Crippen molar-refractivity contribution in [1.82, 2.24) is 4.90 Å². The largest absolute Gasteiger partial charge is 0.393 e. The minimum absolute atomic E-state index is 0.0540. The lowest BCUT2D eigenvalue weighted by Gasteiger charge is -2.46. The maximum absolute atomic E-state index is 10.1. The van der Waals surface area contributed by atoms with Gasteiger partial charge in [0, 0.05) is 32.7 Å². The molecule has 4 nitrogen and oxygen atoms in total. The zero-order chi connectivity index (χ0) is 13.3. The average molecular weight is 269 g/mol. The standard InChI is InChI=1S/C15H27NO3/c17-13-2-11-19-15(12-13)6-9-16(10-7-15)8-5-14(18)3-1-4-14/h13,17-18H,1-12H2. The van der Waals surface area contributed by atoms with Gasteiger partial charge in [-0.15, -0.1) is 0 Å². The molecule has 1 unspecified atom stereocenters. The Kier molecular flexibility index (Phi) is 3.87. The second kappa shape index (κ2) is 5.32. The fourth-order valence-electron chi connectivity index (χ4n) is 3.74. The number of hydrogen-bond donors (Lipinski definition) is 2. The molecular weight excluding hydrogens is 242 g/mol. The second-order valence-corrected chi connectivity index (χ2v) is 6.85. The Bertz CT molecular complexity index is 309. The summed E-state index contributed by atoms with van der Waals surface area (Å²) in [6, 6.07) is 0. The molecule has 1 aliphatic carbocycles. The first kappa shape index (κ1) is 13.8. The summed E-state index contributed by atoms with van der Waals surface area (Å²) in [5.41, 5.74) is -0.409. The third kappa shape index (κ3) is 3.13.